The third kappa shape index (κ3) is 3.72. The first-order valence-electron chi connectivity index (χ1n) is 8.71. The Hall–Kier alpha value is -3.85. The minimum Gasteiger partial charge on any atom is -0.361 e. The van der Waals surface area contributed by atoms with Gasteiger partial charge in [-0.25, -0.2) is 4.98 Å². The summed E-state index contributed by atoms with van der Waals surface area (Å²) in [6, 6.07) is 19.5. The maximum absolute atomic E-state index is 9.20. The standard InChI is InChI=1S/C21H18N6/c22-13-15-5-1-3-7-18(15)26-20-10-12-24-21(27-20)23-11-9-16-14-25-19-8-4-2-6-17(16)19/h1-8,10,12,14,25H,9,11H2,(H2,23,24,26,27). The number of nitriles is 1. The van der Waals surface area contributed by atoms with E-state index in [2.05, 4.69) is 43.8 Å². The third-order valence-electron chi connectivity index (χ3n) is 4.32. The zero-order valence-corrected chi connectivity index (χ0v) is 14.6. The van der Waals surface area contributed by atoms with Crippen LogP contribution in [0, 0.1) is 11.3 Å². The van der Waals surface area contributed by atoms with Crippen LogP contribution in [0.3, 0.4) is 0 Å². The number of aromatic nitrogens is 3. The van der Waals surface area contributed by atoms with Crippen molar-refractivity contribution in [2.24, 2.45) is 0 Å². The Bertz CT molecular complexity index is 1110. The van der Waals surface area contributed by atoms with Crippen molar-refractivity contribution in [1.29, 1.82) is 5.26 Å². The molecule has 3 N–H and O–H groups in total. The van der Waals surface area contributed by atoms with Gasteiger partial charge in [0.2, 0.25) is 5.95 Å². The molecule has 132 valence electrons. The smallest absolute Gasteiger partial charge is 0.224 e. The second-order valence-electron chi connectivity index (χ2n) is 6.08. The molecule has 0 bridgehead atoms. The van der Waals surface area contributed by atoms with E-state index >= 15 is 0 Å². The number of nitrogens with zero attached hydrogens (tertiary/aromatic N) is 3. The average molecular weight is 354 g/mol. The number of nitrogens with one attached hydrogen (secondary N) is 3. The molecule has 0 fully saturated rings. The normalized spacial score (nSPS) is 10.5. The largest absolute Gasteiger partial charge is 0.361 e. The van der Waals surface area contributed by atoms with Crippen LogP contribution in [0.15, 0.2) is 67.0 Å². The molecular weight excluding hydrogens is 336 g/mol. The highest BCUT2D eigenvalue weighted by Crippen LogP contribution is 2.20. The summed E-state index contributed by atoms with van der Waals surface area (Å²) in [7, 11) is 0. The molecule has 2 heterocycles. The first kappa shape index (κ1) is 16.6. The molecule has 0 atom stereocenters. The Labute approximate surface area is 156 Å². The van der Waals surface area contributed by atoms with Crippen molar-refractivity contribution in [3.8, 4) is 6.07 Å². The zero-order valence-electron chi connectivity index (χ0n) is 14.6. The van der Waals surface area contributed by atoms with Gasteiger partial charge in [-0.15, -0.1) is 0 Å². The molecule has 6 heteroatoms. The second kappa shape index (κ2) is 7.58. The third-order valence-corrected chi connectivity index (χ3v) is 4.32. The van der Waals surface area contributed by atoms with E-state index in [1.54, 1.807) is 18.3 Å². The van der Waals surface area contributed by atoms with Crippen LogP contribution in [0.2, 0.25) is 0 Å². The molecule has 4 aromatic rings. The number of hydrogen-bond acceptors (Lipinski definition) is 5. The van der Waals surface area contributed by atoms with Crippen LogP contribution >= 0.6 is 0 Å². The fourth-order valence-electron chi connectivity index (χ4n) is 2.99. The molecule has 0 saturated carbocycles. The van der Waals surface area contributed by atoms with E-state index in [-0.39, 0.29) is 0 Å². The highest BCUT2D eigenvalue weighted by Gasteiger charge is 2.05. The molecule has 0 spiro atoms. The van der Waals surface area contributed by atoms with Crippen molar-refractivity contribution in [1.82, 2.24) is 15.0 Å². The molecular formula is C21H18N6. The fraction of sp³-hybridized carbons (Fsp3) is 0.0952. The van der Waals surface area contributed by atoms with Crippen molar-refractivity contribution in [2.45, 2.75) is 6.42 Å². The number of para-hydroxylation sites is 2. The zero-order chi connectivity index (χ0) is 18.5. The Balaban J connectivity index is 1.41. The Kier molecular flexibility index (Phi) is 4.66. The van der Waals surface area contributed by atoms with Gasteiger partial charge >= 0.3 is 0 Å². The number of aromatic amines is 1. The van der Waals surface area contributed by atoms with Gasteiger partial charge in [0.25, 0.3) is 0 Å². The average Bonchev–Trinajstić information content (AvgIpc) is 3.12. The van der Waals surface area contributed by atoms with E-state index in [9.17, 15) is 5.26 Å². The maximum Gasteiger partial charge on any atom is 0.224 e. The molecule has 0 unspecified atom stereocenters. The Morgan fingerprint density at radius 2 is 1.89 bits per heavy atom. The van der Waals surface area contributed by atoms with E-state index in [0.717, 1.165) is 24.2 Å². The lowest BCUT2D eigenvalue weighted by atomic mass is 10.1. The van der Waals surface area contributed by atoms with Gasteiger partial charge in [0.1, 0.15) is 11.9 Å². The van der Waals surface area contributed by atoms with Gasteiger partial charge in [-0.3, -0.25) is 0 Å². The summed E-state index contributed by atoms with van der Waals surface area (Å²) in [4.78, 5) is 12.0. The van der Waals surface area contributed by atoms with Crippen molar-refractivity contribution < 1.29 is 0 Å². The van der Waals surface area contributed by atoms with E-state index in [1.165, 1.54) is 10.9 Å². The summed E-state index contributed by atoms with van der Waals surface area (Å²) < 4.78 is 0. The predicted molar refractivity (Wildman–Crippen MR) is 107 cm³/mol. The summed E-state index contributed by atoms with van der Waals surface area (Å²) >= 11 is 0. The topological polar surface area (TPSA) is 89.4 Å². The lowest BCUT2D eigenvalue weighted by Gasteiger charge is -2.09. The maximum atomic E-state index is 9.20. The molecule has 0 aliphatic carbocycles. The molecule has 27 heavy (non-hydrogen) atoms. The number of hydrogen-bond donors (Lipinski definition) is 3. The summed E-state index contributed by atoms with van der Waals surface area (Å²) in [6.45, 7) is 0.722. The highest BCUT2D eigenvalue weighted by molar-refractivity contribution is 5.83. The van der Waals surface area contributed by atoms with E-state index in [4.69, 9.17) is 0 Å². The van der Waals surface area contributed by atoms with Gasteiger partial charge in [-0.05, 0) is 36.2 Å². The Morgan fingerprint density at radius 3 is 2.81 bits per heavy atom. The van der Waals surface area contributed by atoms with Gasteiger partial charge in [-0.2, -0.15) is 10.2 Å². The Morgan fingerprint density at radius 1 is 1.04 bits per heavy atom. The number of anilines is 3. The summed E-state index contributed by atoms with van der Waals surface area (Å²) in [5.41, 5.74) is 3.70. The molecule has 0 saturated heterocycles. The number of benzene rings is 2. The van der Waals surface area contributed by atoms with Crippen molar-refractivity contribution in [3.63, 3.8) is 0 Å². The summed E-state index contributed by atoms with van der Waals surface area (Å²) in [6.07, 6.45) is 4.60. The minimum atomic E-state index is 0.550. The number of H-pyrrole nitrogens is 1. The van der Waals surface area contributed by atoms with Crippen molar-refractivity contribution in [2.75, 3.05) is 17.2 Å². The molecule has 0 aliphatic heterocycles. The second-order valence-corrected chi connectivity index (χ2v) is 6.08. The quantitative estimate of drug-likeness (QED) is 0.482. The van der Waals surface area contributed by atoms with E-state index in [0.29, 0.717) is 17.3 Å². The van der Waals surface area contributed by atoms with E-state index < -0.39 is 0 Å². The minimum absolute atomic E-state index is 0.550. The van der Waals surface area contributed by atoms with Gasteiger partial charge in [-0.1, -0.05) is 30.3 Å². The van der Waals surface area contributed by atoms with Crippen LogP contribution < -0.4 is 10.6 Å². The van der Waals surface area contributed by atoms with Crippen LogP contribution in [-0.2, 0) is 6.42 Å². The number of fused-ring (bicyclic) bond motifs is 1. The lowest BCUT2D eigenvalue weighted by molar-refractivity contribution is 0.991. The van der Waals surface area contributed by atoms with Crippen molar-refractivity contribution >= 4 is 28.4 Å². The van der Waals surface area contributed by atoms with Crippen LogP contribution in [-0.4, -0.2) is 21.5 Å². The first-order chi connectivity index (χ1) is 13.3. The molecule has 2 aromatic heterocycles. The monoisotopic (exact) mass is 354 g/mol. The molecule has 6 nitrogen and oxygen atoms in total. The highest BCUT2D eigenvalue weighted by atomic mass is 15.1. The molecule has 2 aromatic carbocycles. The van der Waals surface area contributed by atoms with E-state index in [1.807, 2.05) is 36.5 Å². The van der Waals surface area contributed by atoms with Crippen molar-refractivity contribution in [3.05, 3.63) is 78.1 Å². The van der Waals surface area contributed by atoms with Crippen LogP contribution in [0.1, 0.15) is 11.1 Å². The van der Waals surface area contributed by atoms with Gasteiger partial charge in [0.05, 0.1) is 11.3 Å². The van der Waals surface area contributed by atoms with Gasteiger partial charge in [0, 0.05) is 29.8 Å². The van der Waals surface area contributed by atoms with Gasteiger partial charge in [0.15, 0.2) is 0 Å². The van der Waals surface area contributed by atoms with Crippen LogP contribution in [0.25, 0.3) is 10.9 Å². The molecule has 0 radical (unpaired) electrons. The summed E-state index contributed by atoms with van der Waals surface area (Å²) in [5, 5.41) is 16.9. The SMILES string of the molecule is N#Cc1ccccc1Nc1ccnc(NCCc2c[nH]c3ccccc23)n1. The van der Waals surface area contributed by atoms with Gasteiger partial charge < -0.3 is 15.6 Å². The van der Waals surface area contributed by atoms with Crippen LogP contribution in [0.5, 0.6) is 0 Å². The fourth-order valence-corrected chi connectivity index (χ4v) is 2.99. The predicted octanol–water partition coefficient (Wildman–Crippen LogP) is 4.23. The summed E-state index contributed by atoms with van der Waals surface area (Å²) in [5.74, 6) is 1.19. The number of rotatable bonds is 6. The first-order valence-corrected chi connectivity index (χ1v) is 8.71. The molecule has 4 rings (SSSR count). The lowest BCUT2D eigenvalue weighted by Crippen LogP contribution is -2.08. The van der Waals surface area contributed by atoms with Crippen LogP contribution in [0.4, 0.5) is 17.5 Å². The molecule has 0 aliphatic rings. The molecule has 0 amide bonds.